The first-order chi connectivity index (χ1) is 14.9. The lowest BCUT2D eigenvalue weighted by Crippen LogP contribution is -2.30. The minimum atomic E-state index is -4.37. The van der Waals surface area contributed by atoms with Crippen molar-refractivity contribution in [2.45, 2.75) is 25.1 Å². The lowest BCUT2D eigenvalue weighted by molar-refractivity contribution is -0.137. The summed E-state index contributed by atoms with van der Waals surface area (Å²) in [6.07, 6.45) is -1.36. The largest absolute Gasteiger partial charge is 0.459 e. The number of carbonyl (C=O) groups is 1. The number of likely N-dealkylation sites (tertiary alicyclic amines) is 1. The molecule has 1 fully saturated rings. The fraction of sp³-hybridized carbons (Fsp3) is 0.217. The van der Waals surface area contributed by atoms with Crippen molar-refractivity contribution in [3.63, 3.8) is 0 Å². The average Bonchev–Trinajstić information content (AvgIpc) is 3.52. The van der Waals surface area contributed by atoms with Crippen LogP contribution in [0.5, 0.6) is 0 Å². The number of aromatic nitrogens is 1. The van der Waals surface area contributed by atoms with Gasteiger partial charge in [-0.1, -0.05) is 18.2 Å². The molecule has 1 atom stereocenters. The summed E-state index contributed by atoms with van der Waals surface area (Å²) in [5, 5.41) is 0. The SMILES string of the molecule is O=C(c1ccco1)N1CCC[C@@H]1c1nc2cc(-c3ccc(C(F)(F)F)cc3)ccc2o1. The van der Waals surface area contributed by atoms with Gasteiger partial charge in [0.15, 0.2) is 11.3 Å². The van der Waals surface area contributed by atoms with E-state index in [9.17, 15) is 18.0 Å². The Morgan fingerprint density at radius 1 is 1.06 bits per heavy atom. The molecule has 0 radical (unpaired) electrons. The lowest BCUT2D eigenvalue weighted by atomic mass is 10.0. The van der Waals surface area contributed by atoms with E-state index in [1.165, 1.54) is 18.4 Å². The van der Waals surface area contributed by atoms with Crippen LogP contribution >= 0.6 is 0 Å². The summed E-state index contributed by atoms with van der Waals surface area (Å²) in [6.45, 7) is 0.583. The fourth-order valence-corrected chi connectivity index (χ4v) is 3.93. The van der Waals surface area contributed by atoms with Crippen LogP contribution < -0.4 is 0 Å². The van der Waals surface area contributed by atoms with Crippen LogP contribution in [0, 0.1) is 0 Å². The van der Waals surface area contributed by atoms with Gasteiger partial charge in [0.1, 0.15) is 11.6 Å². The van der Waals surface area contributed by atoms with E-state index < -0.39 is 11.7 Å². The van der Waals surface area contributed by atoms with Gasteiger partial charge in [-0.15, -0.1) is 0 Å². The molecule has 0 aliphatic carbocycles. The third kappa shape index (κ3) is 3.58. The van der Waals surface area contributed by atoms with E-state index in [0.717, 1.165) is 30.5 Å². The van der Waals surface area contributed by atoms with E-state index >= 15 is 0 Å². The third-order valence-electron chi connectivity index (χ3n) is 5.48. The van der Waals surface area contributed by atoms with Crippen LogP contribution in [0.2, 0.25) is 0 Å². The standard InChI is InChI=1S/C23H17F3N2O3/c24-23(25,26)16-8-5-14(6-9-16)15-7-10-19-17(13-15)27-21(31-19)18-3-1-11-28(18)22(29)20-4-2-12-30-20/h2,4-10,12-13,18H,1,3,11H2/t18-/m1/s1. The molecule has 0 spiro atoms. The van der Waals surface area contributed by atoms with E-state index in [2.05, 4.69) is 4.98 Å². The predicted octanol–water partition coefficient (Wildman–Crippen LogP) is 6.08. The Morgan fingerprint density at radius 2 is 1.84 bits per heavy atom. The molecule has 3 heterocycles. The molecular formula is C23H17F3N2O3. The predicted molar refractivity (Wildman–Crippen MR) is 106 cm³/mol. The summed E-state index contributed by atoms with van der Waals surface area (Å²) in [6, 6.07) is 13.3. The summed E-state index contributed by atoms with van der Waals surface area (Å²) in [5.41, 5.74) is 1.84. The van der Waals surface area contributed by atoms with Crippen molar-refractivity contribution >= 4 is 17.0 Å². The van der Waals surface area contributed by atoms with Crippen molar-refractivity contribution in [2.75, 3.05) is 6.54 Å². The quantitative estimate of drug-likeness (QED) is 0.398. The van der Waals surface area contributed by atoms with E-state index in [1.54, 1.807) is 35.2 Å². The second kappa shape index (κ2) is 7.30. The number of furan rings is 1. The van der Waals surface area contributed by atoms with Gasteiger partial charge in [0.25, 0.3) is 5.91 Å². The topological polar surface area (TPSA) is 59.5 Å². The second-order valence-corrected chi connectivity index (χ2v) is 7.44. The first kappa shape index (κ1) is 19.4. The third-order valence-corrected chi connectivity index (χ3v) is 5.48. The van der Waals surface area contributed by atoms with Gasteiger partial charge in [-0.2, -0.15) is 13.2 Å². The minimum Gasteiger partial charge on any atom is -0.459 e. The summed E-state index contributed by atoms with van der Waals surface area (Å²) in [5.74, 6) is 0.504. The molecule has 0 bridgehead atoms. The molecule has 1 aliphatic rings. The molecule has 158 valence electrons. The zero-order valence-corrected chi connectivity index (χ0v) is 16.2. The number of nitrogens with zero attached hydrogens (tertiary/aromatic N) is 2. The number of oxazole rings is 1. The van der Waals surface area contributed by atoms with E-state index in [4.69, 9.17) is 8.83 Å². The van der Waals surface area contributed by atoms with Crippen molar-refractivity contribution in [3.8, 4) is 11.1 Å². The molecule has 0 unspecified atom stereocenters. The van der Waals surface area contributed by atoms with Crippen LogP contribution in [-0.2, 0) is 6.18 Å². The van der Waals surface area contributed by atoms with E-state index in [-0.39, 0.29) is 17.7 Å². The van der Waals surface area contributed by atoms with Crippen LogP contribution in [0.4, 0.5) is 13.2 Å². The second-order valence-electron chi connectivity index (χ2n) is 7.44. The molecule has 5 nitrogen and oxygen atoms in total. The molecule has 2 aromatic carbocycles. The maximum absolute atomic E-state index is 12.8. The maximum atomic E-state index is 12.8. The highest BCUT2D eigenvalue weighted by Crippen LogP contribution is 2.36. The molecule has 4 aromatic rings. The van der Waals surface area contributed by atoms with Crippen LogP contribution in [0.25, 0.3) is 22.2 Å². The maximum Gasteiger partial charge on any atom is 0.416 e. The number of rotatable bonds is 3. The molecule has 1 aliphatic heterocycles. The molecule has 2 aromatic heterocycles. The number of fused-ring (bicyclic) bond motifs is 1. The Labute approximate surface area is 175 Å². The number of carbonyl (C=O) groups excluding carboxylic acids is 1. The van der Waals surface area contributed by atoms with Gasteiger partial charge in [0, 0.05) is 6.54 Å². The average molecular weight is 426 g/mol. The molecule has 0 saturated carbocycles. The normalized spacial score (nSPS) is 16.9. The van der Waals surface area contributed by atoms with Crippen LogP contribution in [0.15, 0.2) is 69.7 Å². The molecule has 0 N–H and O–H groups in total. The smallest absolute Gasteiger partial charge is 0.416 e. The number of hydrogen-bond donors (Lipinski definition) is 0. The minimum absolute atomic E-state index is 0.208. The summed E-state index contributed by atoms with van der Waals surface area (Å²) >= 11 is 0. The Balaban J connectivity index is 1.44. The summed E-state index contributed by atoms with van der Waals surface area (Å²) in [7, 11) is 0. The highest BCUT2D eigenvalue weighted by atomic mass is 19.4. The Bertz CT molecular complexity index is 1230. The van der Waals surface area contributed by atoms with Gasteiger partial charge < -0.3 is 13.7 Å². The first-order valence-corrected chi connectivity index (χ1v) is 9.83. The van der Waals surface area contributed by atoms with Gasteiger partial charge >= 0.3 is 6.18 Å². The number of benzene rings is 2. The Morgan fingerprint density at radius 3 is 2.55 bits per heavy atom. The molecule has 8 heteroatoms. The Hall–Kier alpha value is -3.55. The number of alkyl halides is 3. The van der Waals surface area contributed by atoms with Crippen molar-refractivity contribution in [3.05, 3.63) is 78.1 Å². The van der Waals surface area contributed by atoms with Gasteiger partial charge in [-0.3, -0.25) is 4.79 Å². The summed E-state index contributed by atoms with van der Waals surface area (Å²) in [4.78, 5) is 19.0. The van der Waals surface area contributed by atoms with Gasteiger partial charge in [0.05, 0.1) is 11.8 Å². The van der Waals surface area contributed by atoms with Crippen LogP contribution in [-0.4, -0.2) is 22.3 Å². The van der Waals surface area contributed by atoms with Crippen molar-refractivity contribution in [1.82, 2.24) is 9.88 Å². The molecule has 1 amide bonds. The highest BCUT2D eigenvalue weighted by molar-refractivity contribution is 5.92. The van der Waals surface area contributed by atoms with Crippen LogP contribution in [0.3, 0.4) is 0 Å². The monoisotopic (exact) mass is 426 g/mol. The molecular weight excluding hydrogens is 409 g/mol. The van der Waals surface area contributed by atoms with Crippen molar-refractivity contribution < 1.29 is 26.8 Å². The molecule has 5 rings (SSSR count). The zero-order valence-electron chi connectivity index (χ0n) is 16.2. The number of hydrogen-bond acceptors (Lipinski definition) is 4. The highest BCUT2D eigenvalue weighted by Gasteiger charge is 2.35. The van der Waals surface area contributed by atoms with Gasteiger partial charge in [0.2, 0.25) is 5.89 Å². The lowest BCUT2D eigenvalue weighted by Gasteiger charge is -2.20. The zero-order chi connectivity index (χ0) is 21.6. The van der Waals surface area contributed by atoms with Crippen molar-refractivity contribution in [1.29, 1.82) is 0 Å². The van der Waals surface area contributed by atoms with Gasteiger partial charge in [-0.25, -0.2) is 4.98 Å². The number of halogens is 3. The fourth-order valence-electron chi connectivity index (χ4n) is 3.93. The molecule has 31 heavy (non-hydrogen) atoms. The van der Waals surface area contributed by atoms with Crippen molar-refractivity contribution in [2.24, 2.45) is 0 Å². The van der Waals surface area contributed by atoms with E-state index in [0.29, 0.717) is 29.1 Å². The summed E-state index contributed by atoms with van der Waals surface area (Å²) < 4.78 is 49.6. The first-order valence-electron chi connectivity index (χ1n) is 9.83. The van der Waals surface area contributed by atoms with Gasteiger partial charge in [-0.05, 0) is 60.4 Å². The number of amides is 1. The van der Waals surface area contributed by atoms with E-state index in [1.807, 2.05) is 0 Å². The van der Waals surface area contributed by atoms with Crippen LogP contribution in [0.1, 0.15) is 40.9 Å². The Kier molecular flexibility index (Phi) is 4.57. The molecule has 1 saturated heterocycles.